The normalized spacial score (nSPS) is 23.9. The van der Waals surface area contributed by atoms with Gasteiger partial charge in [0.1, 0.15) is 5.60 Å². The first-order valence-electron chi connectivity index (χ1n) is 5.77. The second-order valence-electron chi connectivity index (χ2n) is 5.52. The second-order valence-corrected chi connectivity index (χ2v) is 5.52. The molecule has 0 radical (unpaired) electrons. The standard InChI is InChI=1S/C11H20N2O5/c1-10(2,3)18-9(17)13-5-4-11(6-13,7-14)12-8(15)16/h12,14H,4-7H2,1-3H3,(H,15,16)/t11-/m1/s1. The van der Waals surface area contributed by atoms with Crippen LogP contribution in [-0.2, 0) is 4.74 Å². The predicted molar refractivity (Wildman–Crippen MR) is 63.4 cm³/mol. The van der Waals surface area contributed by atoms with Crippen LogP contribution in [0.3, 0.4) is 0 Å². The van der Waals surface area contributed by atoms with Gasteiger partial charge in [0.15, 0.2) is 0 Å². The van der Waals surface area contributed by atoms with E-state index in [1.54, 1.807) is 20.8 Å². The molecule has 0 aliphatic carbocycles. The van der Waals surface area contributed by atoms with E-state index in [-0.39, 0.29) is 13.2 Å². The van der Waals surface area contributed by atoms with Crippen molar-refractivity contribution in [3.63, 3.8) is 0 Å². The minimum absolute atomic E-state index is 0.116. The lowest BCUT2D eigenvalue weighted by atomic mass is 10.0. The summed E-state index contributed by atoms with van der Waals surface area (Å²) in [5, 5.41) is 20.3. The fourth-order valence-corrected chi connectivity index (χ4v) is 1.85. The molecular weight excluding hydrogens is 240 g/mol. The number of nitrogens with zero attached hydrogens (tertiary/aromatic N) is 1. The van der Waals surface area contributed by atoms with E-state index in [1.807, 2.05) is 0 Å². The van der Waals surface area contributed by atoms with Crippen LogP contribution in [0, 0.1) is 0 Å². The third kappa shape index (κ3) is 3.76. The highest BCUT2D eigenvalue weighted by Crippen LogP contribution is 2.23. The third-order valence-corrected chi connectivity index (χ3v) is 2.68. The van der Waals surface area contributed by atoms with E-state index in [9.17, 15) is 14.7 Å². The zero-order valence-corrected chi connectivity index (χ0v) is 10.9. The average Bonchev–Trinajstić information content (AvgIpc) is 2.59. The lowest BCUT2D eigenvalue weighted by Gasteiger charge is -2.28. The first kappa shape index (κ1) is 14.6. The number of carbonyl (C=O) groups is 2. The van der Waals surface area contributed by atoms with Gasteiger partial charge in [-0.3, -0.25) is 0 Å². The van der Waals surface area contributed by atoms with Gasteiger partial charge in [-0.15, -0.1) is 0 Å². The minimum atomic E-state index is -1.21. The Morgan fingerprint density at radius 1 is 1.44 bits per heavy atom. The molecule has 7 nitrogen and oxygen atoms in total. The molecule has 104 valence electrons. The van der Waals surface area contributed by atoms with Crippen LogP contribution in [0.25, 0.3) is 0 Å². The zero-order valence-electron chi connectivity index (χ0n) is 10.9. The molecule has 1 rings (SSSR count). The van der Waals surface area contributed by atoms with Crippen LogP contribution in [0.2, 0.25) is 0 Å². The lowest BCUT2D eigenvalue weighted by Crippen LogP contribution is -2.53. The number of hydrogen-bond donors (Lipinski definition) is 3. The molecule has 0 aromatic rings. The fourth-order valence-electron chi connectivity index (χ4n) is 1.85. The molecular formula is C11H20N2O5. The van der Waals surface area contributed by atoms with Gasteiger partial charge < -0.3 is 25.2 Å². The van der Waals surface area contributed by atoms with Crippen molar-refractivity contribution in [2.75, 3.05) is 19.7 Å². The lowest BCUT2D eigenvalue weighted by molar-refractivity contribution is 0.0270. The van der Waals surface area contributed by atoms with Crippen LogP contribution < -0.4 is 5.32 Å². The Morgan fingerprint density at radius 2 is 2.06 bits per heavy atom. The Labute approximate surface area is 106 Å². The molecule has 0 unspecified atom stereocenters. The highest BCUT2D eigenvalue weighted by molar-refractivity contribution is 5.70. The smallest absolute Gasteiger partial charge is 0.410 e. The number of rotatable bonds is 2. The van der Waals surface area contributed by atoms with E-state index in [4.69, 9.17) is 9.84 Å². The molecule has 1 fully saturated rings. The van der Waals surface area contributed by atoms with Crippen molar-refractivity contribution in [2.24, 2.45) is 0 Å². The zero-order chi connectivity index (χ0) is 14.0. The quantitative estimate of drug-likeness (QED) is 0.676. The Kier molecular flexibility index (Phi) is 4.05. The molecule has 18 heavy (non-hydrogen) atoms. The highest BCUT2D eigenvalue weighted by Gasteiger charge is 2.42. The number of carboxylic acid groups (broad SMARTS) is 1. The van der Waals surface area contributed by atoms with Gasteiger partial charge >= 0.3 is 12.2 Å². The topological polar surface area (TPSA) is 99.1 Å². The largest absolute Gasteiger partial charge is 0.465 e. The number of amides is 2. The van der Waals surface area contributed by atoms with Crippen molar-refractivity contribution in [3.8, 4) is 0 Å². The molecule has 0 spiro atoms. The van der Waals surface area contributed by atoms with Crippen molar-refractivity contribution in [1.29, 1.82) is 0 Å². The van der Waals surface area contributed by atoms with Gasteiger partial charge in [0, 0.05) is 13.1 Å². The Morgan fingerprint density at radius 3 is 2.50 bits per heavy atom. The molecule has 0 bridgehead atoms. The van der Waals surface area contributed by atoms with Gasteiger partial charge in [0.2, 0.25) is 0 Å². The maximum Gasteiger partial charge on any atom is 0.410 e. The summed E-state index contributed by atoms with van der Waals surface area (Å²) in [5.41, 5.74) is -1.58. The average molecular weight is 260 g/mol. The van der Waals surface area contributed by atoms with Crippen molar-refractivity contribution >= 4 is 12.2 Å². The van der Waals surface area contributed by atoms with E-state index < -0.39 is 23.3 Å². The van der Waals surface area contributed by atoms with Gasteiger partial charge in [0.25, 0.3) is 0 Å². The molecule has 0 aromatic heterocycles. The molecule has 0 saturated carbocycles. The van der Waals surface area contributed by atoms with Crippen molar-refractivity contribution in [1.82, 2.24) is 10.2 Å². The van der Waals surface area contributed by atoms with Gasteiger partial charge in [-0.05, 0) is 27.2 Å². The molecule has 2 amide bonds. The number of hydrogen-bond acceptors (Lipinski definition) is 4. The van der Waals surface area contributed by atoms with E-state index in [0.717, 1.165) is 0 Å². The minimum Gasteiger partial charge on any atom is -0.465 e. The molecule has 1 aliphatic heterocycles. The molecule has 0 aromatic carbocycles. The van der Waals surface area contributed by atoms with Crippen LogP contribution in [-0.4, -0.2) is 58.1 Å². The first-order chi connectivity index (χ1) is 8.17. The van der Waals surface area contributed by atoms with E-state index >= 15 is 0 Å². The molecule has 1 aliphatic rings. The molecule has 1 heterocycles. The fraction of sp³-hybridized carbons (Fsp3) is 0.818. The SMILES string of the molecule is CC(C)(C)OC(=O)N1CC[C@@](CO)(NC(=O)O)C1. The Bertz CT molecular complexity index is 339. The summed E-state index contributed by atoms with van der Waals surface area (Å²) in [5.74, 6) is 0. The van der Waals surface area contributed by atoms with Gasteiger partial charge in [-0.2, -0.15) is 0 Å². The number of likely N-dealkylation sites (tertiary alicyclic amines) is 1. The monoisotopic (exact) mass is 260 g/mol. The third-order valence-electron chi connectivity index (χ3n) is 2.68. The summed E-state index contributed by atoms with van der Waals surface area (Å²) in [7, 11) is 0. The van der Waals surface area contributed by atoms with Crippen LogP contribution in [0.5, 0.6) is 0 Å². The molecule has 1 atom stereocenters. The summed E-state index contributed by atoms with van der Waals surface area (Å²) in [6.45, 7) is 5.40. The molecule has 7 heteroatoms. The predicted octanol–water partition coefficient (Wildman–Crippen LogP) is 0.626. The number of carbonyl (C=O) groups excluding carboxylic acids is 1. The highest BCUT2D eigenvalue weighted by atomic mass is 16.6. The molecule has 3 N–H and O–H groups in total. The summed E-state index contributed by atoms with van der Waals surface area (Å²) < 4.78 is 5.19. The summed E-state index contributed by atoms with van der Waals surface area (Å²) in [6.07, 6.45) is -1.34. The van der Waals surface area contributed by atoms with Crippen LogP contribution in [0.1, 0.15) is 27.2 Å². The number of aliphatic hydroxyl groups excluding tert-OH is 1. The Balaban J connectivity index is 2.64. The van der Waals surface area contributed by atoms with Gasteiger partial charge in [-0.25, -0.2) is 9.59 Å². The summed E-state index contributed by atoms with van der Waals surface area (Å²) in [6, 6.07) is 0. The van der Waals surface area contributed by atoms with Crippen molar-refractivity contribution in [2.45, 2.75) is 38.3 Å². The van der Waals surface area contributed by atoms with Crippen LogP contribution in [0.4, 0.5) is 9.59 Å². The second kappa shape index (κ2) is 5.01. The Hall–Kier alpha value is -1.50. The van der Waals surface area contributed by atoms with Crippen LogP contribution in [0.15, 0.2) is 0 Å². The first-order valence-corrected chi connectivity index (χ1v) is 5.77. The number of ether oxygens (including phenoxy) is 1. The van der Waals surface area contributed by atoms with E-state index in [0.29, 0.717) is 13.0 Å². The van der Waals surface area contributed by atoms with Crippen LogP contribution >= 0.6 is 0 Å². The molecule has 1 saturated heterocycles. The number of aliphatic hydroxyl groups is 1. The van der Waals surface area contributed by atoms with E-state index in [2.05, 4.69) is 5.32 Å². The number of nitrogens with one attached hydrogen (secondary N) is 1. The summed E-state index contributed by atoms with van der Waals surface area (Å²) >= 11 is 0. The van der Waals surface area contributed by atoms with Crippen molar-refractivity contribution < 1.29 is 24.5 Å². The van der Waals surface area contributed by atoms with Gasteiger partial charge in [0.05, 0.1) is 12.1 Å². The maximum absolute atomic E-state index is 11.8. The van der Waals surface area contributed by atoms with Crippen molar-refractivity contribution in [3.05, 3.63) is 0 Å². The van der Waals surface area contributed by atoms with Gasteiger partial charge in [-0.1, -0.05) is 0 Å². The summed E-state index contributed by atoms with van der Waals surface area (Å²) in [4.78, 5) is 23.9. The maximum atomic E-state index is 11.8. The van der Waals surface area contributed by atoms with E-state index in [1.165, 1.54) is 4.90 Å².